The Morgan fingerprint density at radius 3 is 2.28 bits per heavy atom. The van der Waals surface area contributed by atoms with Gasteiger partial charge < -0.3 is 10.6 Å². The predicted octanol–water partition coefficient (Wildman–Crippen LogP) is 9.72. The normalized spacial score (nSPS) is 10.6. The predicted molar refractivity (Wildman–Crippen MR) is 165 cm³/mol. The zero-order valence-electron chi connectivity index (χ0n) is 24.7. The van der Waals surface area contributed by atoms with E-state index in [1.54, 1.807) is 26.0 Å². The highest BCUT2D eigenvalue weighted by Gasteiger charge is 2.35. The van der Waals surface area contributed by atoms with E-state index in [1.165, 1.54) is 11.6 Å². The van der Waals surface area contributed by atoms with E-state index in [1.807, 2.05) is 38.1 Å². The summed E-state index contributed by atoms with van der Waals surface area (Å²) >= 11 is 0. The second kappa shape index (κ2) is 17.5. The minimum Gasteiger partial charge on any atom is -0.368 e. The number of nitriles is 1. The molecule has 3 rings (SSSR count). The number of allylic oxidation sites excluding steroid dienone is 3. The van der Waals surface area contributed by atoms with Crippen LogP contribution in [0, 0.1) is 35.3 Å². The van der Waals surface area contributed by atoms with Gasteiger partial charge in [0.1, 0.15) is 11.8 Å². The number of aromatic nitrogens is 1. The van der Waals surface area contributed by atoms with Crippen LogP contribution in [0.5, 0.6) is 0 Å². The minimum absolute atomic E-state index is 0.0441. The number of nitro groups is 1. The fraction of sp³-hybridized carbons (Fsp3) is 0.226. The molecule has 0 atom stereocenters. The number of nitro benzene ring substituents is 1. The number of azo groups is 1. The number of hydrogen-bond acceptors (Lipinski definition) is 8. The van der Waals surface area contributed by atoms with Crippen molar-refractivity contribution in [2.45, 2.75) is 40.8 Å². The van der Waals surface area contributed by atoms with Crippen molar-refractivity contribution in [2.24, 2.45) is 10.2 Å². The third-order valence-electron chi connectivity index (χ3n) is 5.28. The molecule has 12 heteroatoms. The van der Waals surface area contributed by atoms with Crippen molar-refractivity contribution in [2.75, 3.05) is 17.2 Å². The number of rotatable bonds is 9. The molecule has 2 N–H and O–H groups in total. The summed E-state index contributed by atoms with van der Waals surface area (Å²) in [5.41, 5.74) is -0.496. The Morgan fingerprint density at radius 2 is 1.79 bits per heavy atom. The van der Waals surface area contributed by atoms with Crippen LogP contribution < -0.4 is 10.6 Å². The first-order valence-corrected chi connectivity index (χ1v) is 13.2. The summed E-state index contributed by atoms with van der Waals surface area (Å²) in [7, 11) is 0. The largest absolute Gasteiger partial charge is 0.418 e. The van der Waals surface area contributed by atoms with Gasteiger partial charge in [0.2, 0.25) is 0 Å². The van der Waals surface area contributed by atoms with Crippen LogP contribution in [0.4, 0.5) is 41.9 Å². The molecule has 0 unspecified atom stereocenters. The first kappa shape index (κ1) is 35.7. The molecule has 0 aliphatic carbocycles. The Bertz CT molecular complexity index is 1510. The molecule has 0 amide bonds. The molecule has 0 aliphatic heterocycles. The summed E-state index contributed by atoms with van der Waals surface area (Å²) in [4.78, 5) is 14.3. The number of nitrogens with zero attached hydrogens (tertiary/aromatic N) is 5. The smallest absolute Gasteiger partial charge is 0.368 e. The highest BCUT2D eigenvalue weighted by atomic mass is 19.4. The molecule has 1 aromatic heterocycles. The molecule has 0 bridgehead atoms. The first-order valence-electron chi connectivity index (χ1n) is 13.2. The van der Waals surface area contributed by atoms with E-state index in [0.29, 0.717) is 23.9 Å². The SMILES string of the molecule is C=C/C=C\C(=C)Nc1nc(NCC)c(N=Nc2ccc([N+](=O)[O-])cc2C(F)(F)F)c(C)c1C#N.CC.Cc1ccccc1. The number of non-ortho nitro benzene ring substituents is 1. The number of pyridine rings is 1. The molecule has 1 heterocycles. The average Bonchev–Trinajstić information content (AvgIpc) is 2.97. The first-order chi connectivity index (χ1) is 20.4. The molecule has 226 valence electrons. The van der Waals surface area contributed by atoms with Crippen molar-refractivity contribution in [3.8, 4) is 6.07 Å². The van der Waals surface area contributed by atoms with Gasteiger partial charge >= 0.3 is 6.18 Å². The highest BCUT2D eigenvalue weighted by molar-refractivity contribution is 5.75. The Kier molecular flexibility index (Phi) is 14.5. The zero-order valence-corrected chi connectivity index (χ0v) is 24.7. The van der Waals surface area contributed by atoms with Gasteiger partial charge in [0.25, 0.3) is 5.69 Å². The van der Waals surface area contributed by atoms with Crippen LogP contribution in [-0.2, 0) is 6.18 Å². The Balaban J connectivity index is 0.000000883. The van der Waals surface area contributed by atoms with Gasteiger partial charge in [-0.25, -0.2) is 4.98 Å². The van der Waals surface area contributed by atoms with E-state index in [-0.39, 0.29) is 22.9 Å². The Morgan fingerprint density at radius 1 is 1.14 bits per heavy atom. The topological polar surface area (TPSA) is 129 Å². The van der Waals surface area contributed by atoms with Crippen molar-refractivity contribution in [3.05, 3.63) is 118 Å². The zero-order chi connectivity index (χ0) is 32.6. The van der Waals surface area contributed by atoms with Gasteiger partial charge in [-0.3, -0.25) is 10.1 Å². The van der Waals surface area contributed by atoms with Gasteiger partial charge in [0, 0.05) is 29.9 Å². The number of benzene rings is 2. The lowest BCUT2D eigenvalue weighted by molar-refractivity contribution is -0.385. The van der Waals surface area contributed by atoms with Gasteiger partial charge in [-0.05, 0) is 32.9 Å². The maximum Gasteiger partial charge on any atom is 0.418 e. The van der Waals surface area contributed by atoms with Crippen LogP contribution in [0.1, 0.15) is 43.0 Å². The van der Waals surface area contributed by atoms with Gasteiger partial charge in [0.15, 0.2) is 11.6 Å². The number of hydrogen-bond donors (Lipinski definition) is 2. The lowest BCUT2D eigenvalue weighted by Gasteiger charge is -2.15. The van der Waals surface area contributed by atoms with Gasteiger partial charge in [0.05, 0.1) is 21.7 Å². The maximum atomic E-state index is 13.5. The van der Waals surface area contributed by atoms with Crippen molar-refractivity contribution < 1.29 is 18.1 Å². The quantitative estimate of drug-likeness (QED) is 0.110. The fourth-order valence-corrected chi connectivity index (χ4v) is 3.30. The summed E-state index contributed by atoms with van der Waals surface area (Å²) in [5.74, 6) is 0.334. The van der Waals surface area contributed by atoms with E-state index >= 15 is 0 Å². The summed E-state index contributed by atoms with van der Waals surface area (Å²) < 4.78 is 40.4. The van der Waals surface area contributed by atoms with Crippen LogP contribution >= 0.6 is 0 Å². The molecule has 0 aliphatic rings. The van der Waals surface area contributed by atoms with Crippen LogP contribution in [-0.4, -0.2) is 16.5 Å². The van der Waals surface area contributed by atoms with Crippen molar-refractivity contribution in [3.63, 3.8) is 0 Å². The van der Waals surface area contributed by atoms with Crippen molar-refractivity contribution >= 4 is 28.7 Å². The third-order valence-corrected chi connectivity index (χ3v) is 5.28. The molecular weight excluding hydrogens is 559 g/mol. The number of alkyl halides is 3. The van der Waals surface area contributed by atoms with E-state index < -0.39 is 28.0 Å². The van der Waals surface area contributed by atoms with Gasteiger partial charge in [-0.15, -0.1) is 10.2 Å². The second-order valence-corrected chi connectivity index (χ2v) is 8.36. The van der Waals surface area contributed by atoms with Gasteiger partial charge in [-0.1, -0.05) is 75.1 Å². The van der Waals surface area contributed by atoms with Crippen molar-refractivity contribution in [1.82, 2.24) is 4.98 Å². The molecule has 2 aromatic carbocycles. The molecule has 0 fully saturated rings. The van der Waals surface area contributed by atoms with E-state index in [9.17, 15) is 28.5 Å². The van der Waals surface area contributed by atoms with E-state index in [0.717, 1.165) is 12.1 Å². The van der Waals surface area contributed by atoms with Crippen LogP contribution in [0.25, 0.3) is 0 Å². The van der Waals surface area contributed by atoms with Gasteiger partial charge in [-0.2, -0.15) is 18.4 Å². The summed E-state index contributed by atoms with van der Waals surface area (Å²) in [6.07, 6.45) is -0.121. The van der Waals surface area contributed by atoms with Crippen molar-refractivity contribution in [1.29, 1.82) is 5.26 Å². The molecule has 0 saturated carbocycles. The fourth-order valence-electron chi connectivity index (χ4n) is 3.30. The number of halogens is 3. The summed E-state index contributed by atoms with van der Waals surface area (Å²) in [5, 5.41) is 34.0. The summed E-state index contributed by atoms with van der Waals surface area (Å²) in [6, 6.07) is 14.4. The third kappa shape index (κ3) is 10.9. The average molecular weight is 594 g/mol. The number of anilines is 2. The minimum atomic E-state index is -4.90. The van der Waals surface area contributed by atoms with E-state index in [2.05, 4.69) is 58.1 Å². The van der Waals surface area contributed by atoms with Crippen LogP contribution in [0.2, 0.25) is 0 Å². The molecule has 0 spiro atoms. The molecule has 3 aromatic rings. The molecule has 9 nitrogen and oxygen atoms in total. The molecule has 43 heavy (non-hydrogen) atoms. The lowest BCUT2D eigenvalue weighted by Crippen LogP contribution is -2.08. The Hall–Kier alpha value is -5.31. The molecule has 0 radical (unpaired) electrons. The second-order valence-electron chi connectivity index (χ2n) is 8.36. The van der Waals surface area contributed by atoms with Crippen LogP contribution in [0.3, 0.4) is 0 Å². The Labute approximate surface area is 249 Å². The number of aryl methyl sites for hydroxylation is 1. The molecule has 0 saturated heterocycles. The number of nitrogens with one attached hydrogen (secondary N) is 2. The lowest BCUT2D eigenvalue weighted by atomic mass is 10.1. The maximum absolute atomic E-state index is 13.5. The standard InChI is InChI=1S/C22H20F3N7O2.C7H8.C2H6/c1-5-7-8-13(3)28-20-16(12-26)14(4)19(21(29-20)27-6-2)31-30-18-10-9-15(32(33)34)11-17(18)22(23,24)25;1-7-5-3-2-4-6-7;1-2/h5,7-11H,1,3,6H2,2,4H3,(H2,27,28,29);2-6H,1H3;1-2H3/b8-7-,31-30?;;. The van der Waals surface area contributed by atoms with Crippen LogP contribution in [0.15, 0.2) is 95.8 Å². The van der Waals surface area contributed by atoms with E-state index in [4.69, 9.17) is 0 Å². The molecular formula is C31H34F3N7O2. The highest BCUT2D eigenvalue weighted by Crippen LogP contribution is 2.40. The monoisotopic (exact) mass is 593 g/mol. The summed E-state index contributed by atoms with van der Waals surface area (Å²) in [6.45, 7) is 17.2.